The SMILES string of the molecule is COc1cc(OC)cc([C@H]2CC(=O)Nc3c2c(C)nn3[C@H]2CCS(=O)(=O)C2)c1. The number of carbonyl (C=O) groups excluding carboxylic acids is 1. The summed E-state index contributed by atoms with van der Waals surface area (Å²) in [6.45, 7) is 1.89. The van der Waals surface area contributed by atoms with Crippen molar-refractivity contribution in [2.75, 3.05) is 31.0 Å². The Kier molecular flexibility index (Phi) is 4.57. The number of anilines is 1. The molecule has 1 saturated heterocycles. The van der Waals surface area contributed by atoms with Crippen LogP contribution in [0.4, 0.5) is 5.82 Å². The molecule has 0 saturated carbocycles. The van der Waals surface area contributed by atoms with Crippen LogP contribution in [-0.2, 0) is 14.6 Å². The minimum atomic E-state index is -3.06. The molecule has 0 unspecified atom stereocenters. The van der Waals surface area contributed by atoms with E-state index in [1.54, 1.807) is 25.0 Å². The van der Waals surface area contributed by atoms with E-state index in [0.717, 1.165) is 16.8 Å². The van der Waals surface area contributed by atoms with Crippen LogP contribution in [0.2, 0.25) is 0 Å². The summed E-state index contributed by atoms with van der Waals surface area (Å²) in [4.78, 5) is 12.5. The molecule has 0 aliphatic carbocycles. The average Bonchev–Trinajstić information content (AvgIpc) is 3.19. The number of benzene rings is 1. The van der Waals surface area contributed by atoms with Gasteiger partial charge >= 0.3 is 0 Å². The fourth-order valence-corrected chi connectivity index (χ4v) is 5.81. The van der Waals surface area contributed by atoms with E-state index in [4.69, 9.17) is 9.47 Å². The number of sulfone groups is 1. The Bertz CT molecular complexity index is 1020. The Morgan fingerprint density at radius 2 is 1.86 bits per heavy atom. The molecule has 1 fully saturated rings. The van der Waals surface area contributed by atoms with Crippen molar-refractivity contribution < 1.29 is 22.7 Å². The molecule has 3 heterocycles. The molecule has 0 radical (unpaired) electrons. The van der Waals surface area contributed by atoms with Crippen LogP contribution in [0.1, 0.15) is 41.6 Å². The van der Waals surface area contributed by atoms with Crippen molar-refractivity contribution >= 4 is 21.6 Å². The maximum Gasteiger partial charge on any atom is 0.226 e. The maximum atomic E-state index is 12.5. The highest BCUT2D eigenvalue weighted by Gasteiger charge is 2.37. The van der Waals surface area contributed by atoms with E-state index in [2.05, 4.69) is 10.4 Å². The lowest BCUT2D eigenvalue weighted by Gasteiger charge is -2.26. The monoisotopic (exact) mass is 405 g/mol. The first-order chi connectivity index (χ1) is 13.3. The number of nitrogens with zero attached hydrogens (tertiary/aromatic N) is 2. The van der Waals surface area contributed by atoms with Gasteiger partial charge in [0, 0.05) is 24.0 Å². The van der Waals surface area contributed by atoms with Gasteiger partial charge in [0.15, 0.2) is 9.84 Å². The Labute approximate surface area is 163 Å². The minimum Gasteiger partial charge on any atom is -0.497 e. The number of nitrogens with one attached hydrogen (secondary N) is 1. The maximum absolute atomic E-state index is 12.5. The van der Waals surface area contributed by atoms with Gasteiger partial charge in [-0.25, -0.2) is 13.1 Å². The molecule has 2 atom stereocenters. The van der Waals surface area contributed by atoms with Crippen molar-refractivity contribution in [1.82, 2.24) is 9.78 Å². The number of hydrogen-bond donors (Lipinski definition) is 1. The van der Waals surface area contributed by atoms with Crippen molar-refractivity contribution in [3.05, 3.63) is 35.0 Å². The summed E-state index contributed by atoms with van der Waals surface area (Å²) in [6.07, 6.45) is 0.780. The van der Waals surface area contributed by atoms with Gasteiger partial charge in [-0.15, -0.1) is 0 Å². The number of methoxy groups -OCH3 is 2. The lowest BCUT2D eigenvalue weighted by molar-refractivity contribution is -0.116. The quantitative estimate of drug-likeness (QED) is 0.836. The predicted octanol–water partition coefficient (Wildman–Crippen LogP) is 2.04. The van der Waals surface area contributed by atoms with Gasteiger partial charge in [-0.2, -0.15) is 5.10 Å². The van der Waals surface area contributed by atoms with Crippen molar-refractivity contribution in [1.29, 1.82) is 0 Å². The minimum absolute atomic E-state index is 0.0497. The summed E-state index contributed by atoms with van der Waals surface area (Å²) < 4.78 is 36.3. The van der Waals surface area contributed by atoms with E-state index < -0.39 is 9.84 Å². The van der Waals surface area contributed by atoms with Crippen LogP contribution in [0.3, 0.4) is 0 Å². The van der Waals surface area contributed by atoms with Gasteiger partial charge < -0.3 is 14.8 Å². The zero-order valence-corrected chi connectivity index (χ0v) is 16.9. The molecule has 4 rings (SSSR count). The Morgan fingerprint density at radius 1 is 1.18 bits per heavy atom. The van der Waals surface area contributed by atoms with E-state index in [1.807, 2.05) is 19.1 Å². The highest BCUT2D eigenvalue weighted by Crippen LogP contribution is 2.43. The van der Waals surface area contributed by atoms with E-state index >= 15 is 0 Å². The van der Waals surface area contributed by atoms with Gasteiger partial charge in [-0.05, 0) is 31.0 Å². The molecule has 2 aliphatic heterocycles. The van der Waals surface area contributed by atoms with Crippen LogP contribution in [0.5, 0.6) is 11.5 Å². The number of carbonyl (C=O) groups is 1. The Hall–Kier alpha value is -2.55. The molecule has 1 amide bonds. The first-order valence-corrected chi connectivity index (χ1v) is 11.0. The number of ether oxygens (including phenoxy) is 2. The van der Waals surface area contributed by atoms with E-state index in [0.29, 0.717) is 23.7 Å². The third-order valence-electron chi connectivity index (χ3n) is 5.46. The van der Waals surface area contributed by atoms with Gasteiger partial charge in [0.25, 0.3) is 0 Å². The topological polar surface area (TPSA) is 99.5 Å². The summed E-state index contributed by atoms with van der Waals surface area (Å²) in [5.74, 6) is 1.76. The van der Waals surface area contributed by atoms with Crippen molar-refractivity contribution in [2.45, 2.75) is 31.7 Å². The van der Waals surface area contributed by atoms with Crippen LogP contribution >= 0.6 is 0 Å². The molecule has 150 valence electrons. The van der Waals surface area contributed by atoms with Crippen LogP contribution < -0.4 is 14.8 Å². The lowest BCUT2D eigenvalue weighted by atomic mass is 9.85. The molecule has 8 nitrogen and oxygen atoms in total. The molecule has 1 aromatic heterocycles. The second-order valence-electron chi connectivity index (χ2n) is 7.30. The molecular weight excluding hydrogens is 382 g/mol. The Balaban J connectivity index is 1.81. The van der Waals surface area contributed by atoms with Gasteiger partial charge in [0.1, 0.15) is 17.3 Å². The summed E-state index contributed by atoms with van der Waals surface area (Å²) >= 11 is 0. The fourth-order valence-electron chi connectivity index (χ4n) is 4.12. The van der Waals surface area contributed by atoms with Crippen molar-refractivity contribution in [2.24, 2.45) is 0 Å². The number of rotatable bonds is 4. The molecule has 2 aromatic rings. The molecule has 2 aliphatic rings. The fraction of sp³-hybridized carbons (Fsp3) is 0.474. The molecular formula is C19H23N3O5S. The number of aromatic nitrogens is 2. The Morgan fingerprint density at radius 3 is 2.43 bits per heavy atom. The van der Waals surface area contributed by atoms with Gasteiger partial charge in [0.2, 0.25) is 5.91 Å². The molecule has 0 bridgehead atoms. The lowest BCUT2D eigenvalue weighted by Crippen LogP contribution is -2.26. The van der Waals surface area contributed by atoms with E-state index in [-0.39, 0.29) is 35.8 Å². The number of fused-ring (bicyclic) bond motifs is 1. The largest absolute Gasteiger partial charge is 0.497 e. The highest BCUT2D eigenvalue weighted by molar-refractivity contribution is 7.91. The van der Waals surface area contributed by atoms with Crippen molar-refractivity contribution in [3.63, 3.8) is 0 Å². The first-order valence-electron chi connectivity index (χ1n) is 9.13. The van der Waals surface area contributed by atoms with Crippen LogP contribution in [0.25, 0.3) is 0 Å². The molecule has 1 aromatic carbocycles. The highest BCUT2D eigenvalue weighted by atomic mass is 32.2. The zero-order valence-electron chi connectivity index (χ0n) is 16.1. The third kappa shape index (κ3) is 3.23. The third-order valence-corrected chi connectivity index (χ3v) is 7.21. The van der Waals surface area contributed by atoms with Gasteiger partial charge in [-0.1, -0.05) is 0 Å². The molecule has 28 heavy (non-hydrogen) atoms. The number of aryl methyl sites for hydroxylation is 1. The normalized spacial score (nSPS) is 23.2. The van der Waals surface area contributed by atoms with Gasteiger partial charge in [-0.3, -0.25) is 4.79 Å². The smallest absolute Gasteiger partial charge is 0.226 e. The van der Waals surface area contributed by atoms with Gasteiger partial charge in [0.05, 0.1) is 37.5 Å². The summed E-state index contributed by atoms with van der Waals surface area (Å²) in [5.41, 5.74) is 2.60. The standard InChI is InChI=1S/C19H23N3O5S/c1-11-18-16(12-6-14(26-2)8-15(7-12)27-3)9-17(23)20-19(18)22(21-11)13-4-5-28(24,25)10-13/h6-8,13,16H,4-5,9-10H2,1-3H3,(H,20,23)/t13-,16+/m0/s1. The number of amides is 1. The average molecular weight is 405 g/mol. The van der Waals surface area contributed by atoms with E-state index in [1.165, 1.54) is 0 Å². The van der Waals surface area contributed by atoms with Crippen LogP contribution in [0.15, 0.2) is 18.2 Å². The second kappa shape index (κ2) is 6.80. The first kappa shape index (κ1) is 18.8. The second-order valence-corrected chi connectivity index (χ2v) is 9.53. The molecule has 0 spiro atoms. The summed E-state index contributed by atoms with van der Waals surface area (Å²) in [6, 6.07) is 5.32. The number of hydrogen-bond acceptors (Lipinski definition) is 6. The van der Waals surface area contributed by atoms with Crippen LogP contribution in [-0.4, -0.2) is 49.8 Å². The molecule has 9 heteroatoms. The molecule has 1 N–H and O–H groups in total. The summed E-state index contributed by atoms with van der Waals surface area (Å²) in [7, 11) is 0.105. The van der Waals surface area contributed by atoms with Crippen molar-refractivity contribution in [3.8, 4) is 11.5 Å². The van der Waals surface area contributed by atoms with Crippen LogP contribution in [0, 0.1) is 6.92 Å². The van der Waals surface area contributed by atoms with E-state index in [9.17, 15) is 13.2 Å². The predicted molar refractivity (Wildman–Crippen MR) is 104 cm³/mol. The zero-order chi connectivity index (χ0) is 20.1. The summed E-state index contributed by atoms with van der Waals surface area (Å²) in [5, 5.41) is 7.52.